The van der Waals surface area contributed by atoms with Crippen LogP contribution in [0.15, 0.2) is 0 Å². The first-order chi connectivity index (χ1) is 15.3. The van der Waals surface area contributed by atoms with Gasteiger partial charge in [-0.25, -0.2) is 0 Å². The van der Waals surface area contributed by atoms with Crippen LogP contribution in [0.1, 0.15) is 71.6 Å². The number of nitrogens with zero attached hydrogens (tertiary/aromatic N) is 2. The summed E-state index contributed by atoms with van der Waals surface area (Å²) in [5.41, 5.74) is 0.415. The zero-order valence-corrected chi connectivity index (χ0v) is 20.7. The van der Waals surface area contributed by atoms with E-state index in [9.17, 15) is 9.90 Å². The number of piperazine rings is 1. The van der Waals surface area contributed by atoms with Crippen molar-refractivity contribution >= 4 is 5.78 Å². The van der Waals surface area contributed by atoms with Gasteiger partial charge in [0.05, 0.1) is 18.8 Å². The van der Waals surface area contributed by atoms with Gasteiger partial charge in [0, 0.05) is 44.6 Å². The summed E-state index contributed by atoms with van der Waals surface area (Å²) < 4.78 is 6.31. The van der Waals surface area contributed by atoms with E-state index >= 15 is 0 Å². The fourth-order valence-corrected chi connectivity index (χ4v) is 8.77. The molecule has 1 aliphatic heterocycles. The van der Waals surface area contributed by atoms with Gasteiger partial charge in [-0.05, 0) is 87.5 Å². The Morgan fingerprint density at radius 1 is 1.03 bits per heavy atom. The molecular formula is C27H46N2O3. The lowest BCUT2D eigenvalue weighted by atomic mass is 9.45. The third kappa shape index (κ3) is 4.10. The normalized spacial score (nSPS) is 46.4. The molecule has 0 unspecified atom stereocenters. The van der Waals surface area contributed by atoms with E-state index in [0.717, 1.165) is 76.2 Å². The van der Waals surface area contributed by atoms with Crippen molar-refractivity contribution in [3.63, 3.8) is 0 Å². The van der Waals surface area contributed by atoms with E-state index in [0.29, 0.717) is 29.8 Å². The number of Topliss-reactive ketones (excluding diaryl/α,β-unsaturated/α-hetero) is 1. The topological polar surface area (TPSA) is 53.0 Å². The maximum absolute atomic E-state index is 12.6. The highest BCUT2D eigenvalue weighted by molar-refractivity contribution is 5.87. The molecule has 0 bridgehead atoms. The summed E-state index contributed by atoms with van der Waals surface area (Å²) >= 11 is 0. The lowest BCUT2D eigenvalue weighted by Gasteiger charge is -2.60. The van der Waals surface area contributed by atoms with E-state index in [4.69, 9.17) is 4.74 Å². The first kappa shape index (κ1) is 23.3. The van der Waals surface area contributed by atoms with Crippen LogP contribution < -0.4 is 0 Å². The van der Waals surface area contributed by atoms with Gasteiger partial charge < -0.3 is 14.7 Å². The molecule has 0 aromatic rings. The number of hydrogen-bond acceptors (Lipinski definition) is 5. The van der Waals surface area contributed by atoms with Crippen molar-refractivity contribution in [1.29, 1.82) is 0 Å². The van der Waals surface area contributed by atoms with Crippen LogP contribution in [-0.4, -0.2) is 79.3 Å². The van der Waals surface area contributed by atoms with E-state index in [1.165, 1.54) is 32.1 Å². The number of hydrogen-bond donors (Lipinski definition) is 1. The molecule has 0 amide bonds. The number of fused-ring (bicyclic) bond motifs is 5. The van der Waals surface area contributed by atoms with Crippen LogP contribution in [0.5, 0.6) is 0 Å². The SMILES string of the molecule is CN1CCN(C[C@@H](O)CO[C@H]2CC[C@@]3(C)[C@@H](CC[C@@H]4[C@@H]3CC[C@]3(C)C(=O)CC[C@@H]43)C2)CC1. The second kappa shape index (κ2) is 8.94. The van der Waals surface area contributed by atoms with Crippen LogP contribution in [-0.2, 0) is 9.53 Å². The number of aliphatic hydroxyl groups excluding tert-OH is 1. The molecule has 5 aliphatic rings. The van der Waals surface area contributed by atoms with Crippen molar-refractivity contribution in [2.24, 2.45) is 34.5 Å². The van der Waals surface area contributed by atoms with Gasteiger partial charge in [-0.1, -0.05) is 13.8 Å². The maximum atomic E-state index is 12.6. The van der Waals surface area contributed by atoms with E-state index in [-0.39, 0.29) is 11.5 Å². The van der Waals surface area contributed by atoms with Crippen LogP contribution in [0.2, 0.25) is 0 Å². The monoisotopic (exact) mass is 446 g/mol. The third-order valence-electron chi connectivity index (χ3n) is 10.9. The van der Waals surface area contributed by atoms with Gasteiger partial charge in [0.15, 0.2) is 0 Å². The van der Waals surface area contributed by atoms with E-state index in [1.807, 2.05) is 0 Å². The van der Waals surface area contributed by atoms with Gasteiger partial charge in [-0.15, -0.1) is 0 Å². The van der Waals surface area contributed by atoms with E-state index in [1.54, 1.807) is 0 Å². The molecule has 0 aromatic carbocycles. The Hall–Kier alpha value is -0.490. The number of β-amino-alcohol motifs (C(OH)–C–C–N with tert-alkyl or cyclic N) is 1. The minimum atomic E-state index is -0.377. The predicted molar refractivity (Wildman–Crippen MR) is 126 cm³/mol. The highest BCUT2D eigenvalue weighted by atomic mass is 16.5. The zero-order chi connectivity index (χ0) is 22.5. The Labute approximate surface area is 195 Å². The molecule has 0 radical (unpaired) electrons. The van der Waals surface area contributed by atoms with Gasteiger partial charge in [0.2, 0.25) is 0 Å². The van der Waals surface area contributed by atoms with Crippen LogP contribution in [0.25, 0.3) is 0 Å². The largest absolute Gasteiger partial charge is 0.389 e. The summed E-state index contributed by atoms with van der Waals surface area (Å²) in [6.07, 6.45) is 10.5. The summed E-state index contributed by atoms with van der Waals surface area (Å²) in [6.45, 7) is 10.4. The van der Waals surface area contributed by atoms with Gasteiger partial charge in [0.25, 0.3) is 0 Å². The Morgan fingerprint density at radius 2 is 1.81 bits per heavy atom. The Bertz CT molecular complexity index is 692. The van der Waals surface area contributed by atoms with E-state index < -0.39 is 0 Å². The molecule has 1 heterocycles. The Kier molecular flexibility index (Phi) is 6.50. The second-order valence-electron chi connectivity index (χ2n) is 12.6. The quantitative estimate of drug-likeness (QED) is 0.699. The minimum Gasteiger partial charge on any atom is -0.389 e. The molecule has 182 valence electrons. The molecule has 1 saturated heterocycles. The summed E-state index contributed by atoms with van der Waals surface area (Å²) in [6, 6.07) is 0. The average molecular weight is 447 g/mol. The number of carbonyl (C=O) groups is 1. The predicted octanol–water partition coefficient (Wildman–Crippen LogP) is 3.59. The molecule has 4 saturated carbocycles. The highest BCUT2D eigenvalue weighted by Gasteiger charge is 2.60. The summed E-state index contributed by atoms with van der Waals surface area (Å²) in [7, 11) is 2.17. The lowest BCUT2D eigenvalue weighted by Crippen LogP contribution is -2.54. The minimum absolute atomic E-state index is 0.00934. The van der Waals surface area contributed by atoms with Crippen molar-refractivity contribution in [3.05, 3.63) is 0 Å². The molecule has 32 heavy (non-hydrogen) atoms. The van der Waals surface area contributed by atoms with Crippen molar-refractivity contribution in [3.8, 4) is 0 Å². The smallest absolute Gasteiger partial charge is 0.139 e. The lowest BCUT2D eigenvalue weighted by molar-refractivity contribution is -0.147. The van der Waals surface area contributed by atoms with Crippen molar-refractivity contribution in [1.82, 2.24) is 9.80 Å². The standard InChI is InChI=1S/C27H46N2O3/c1-26-10-8-21(32-18-20(30)17-29-14-12-28(3)13-15-29)16-19(26)4-5-22-23-6-7-25(31)27(23,2)11-9-24(22)26/h19-24,30H,4-18H2,1-3H3/t19-,20+,21-,22-,23-,24-,26-,27-/m0/s1. The molecule has 5 nitrogen and oxygen atoms in total. The first-order valence-electron chi connectivity index (χ1n) is 13.5. The van der Waals surface area contributed by atoms with Crippen molar-refractivity contribution in [2.45, 2.75) is 83.8 Å². The van der Waals surface area contributed by atoms with Crippen molar-refractivity contribution in [2.75, 3.05) is 46.4 Å². The molecule has 5 heteroatoms. The number of aliphatic hydroxyl groups is 1. The number of likely N-dealkylation sites (N-methyl/N-ethyl adjacent to an activating group) is 1. The molecule has 1 N–H and O–H groups in total. The molecule has 8 atom stereocenters. The number of ketones is 1. The fourth-order valence-electron chi connectivity index (χ4n) is 8.77. The van der Waals surface area contributed by atoms with Gasteiger partial charge in [-0.2, -0.15) is 0 Å². The number of ether oxygens (including phenoxy) is 1. The summed E-state index contributed by atoms with van der Waals surface area (Å²) in [5.74, 6) is 3.52. The Morgan fingerprint density at radius 3 is 2.59 bits per heavy atom. The molecule has 0 aromatic heterocycles. The maximum Gasteiger partial charge on any atom is 0.139 e. The third-order valence-corrected chi connectivity index (χ3v) is 10.9. The average Bonchev–Trinajstić information content (AvgIpc) is 3.08. The van der Waals surface area contributed by atoms with Gasteiger partial charge in [-0.3, -0.25) is 9.69 Å². The van der Waals surface area contributed by atoms with Gasteiger partial charge in [0.1, 0.15) is 5.78 Å². The van der Waals surface area contributed by atoms with Crippen LogP contribution in [0, 0.1) is 34.5 Å². The second-order valence-corrected chi connectivity index (χ2v) is 12.6. The molecule has 5 fully saturated rings. The molecule has 0 spiro atoms. The van der Waals surface area contributed by atoms with Crippen LogP contribution >= 0.6 is 0 Å². The summed E-state index contributed by atoms with van der Waals surface area (Å²) in [4.78, 5) is 17.4. The molecule has 5 rings (SSSR count). The van der Waals surface area contributed by atoms with Gasteiger partial charge >= 0.3 is 0 Å². The number of carbonyl (C=O) groups excluding carboxylic acids is 1. The van der Waals surface area contributed by atoms with Crippen LogP contribution in [0.3, 0.4) is 0 Å². The fraction of sp³-hybridized carbons (Fsp3) is 0.963. The Balaban J connectivity index is 1.14. The van der Waals surface area contributed by atoms with Crippen molar-refractivity contribution < 1.29 is 14.6 Å². The first-order valence-corrected chi connectivity index (χ1v) is 13.5. The molecular weight excluding hydrogens is 400 g/mol. The van der Waals surface area contributed by atoms with Crippen LogP contribution in [0.4, 0.5) is 0 Å². The number of rotatable bonds is 5. The summed E-state index contributed by atoms with van der Waals surface area (Å²) in [5, 5.41) is 10.6. The van der Waals surface area contributed by atoms with E-state index in [2.05, 4.69) is 30.7 Å². The molecule has 4 aliphatic carbocycles. The highest BCUT2D eigenvalue weighted by Crippen LogP contribution is 2.65. The zero-order valence-electron chi connectivity index (χ0n) is 20.7.